The van der Waals surface area contributed by atoms with Crippen molar-refractivity contribution < 1.29 is 23.3 Å². The zero-order chi connectivity index (χ0) is 20.8. The van der Waals surface area contributed by atoms with Crippen molar-refractivity contribution in [2.75, 3.05) is 0 Å². The van der Waals surface area contributed by atoms with E-state index in [0.717, 1.165) is 11.1 Å². The Morgan fingerprint density at radius 2 is 1.50 bits per heavy atom. The van der Waals surface area contributed by atoms with E-state index in [-0.39, 0.29) is 14.9 Å². The van der Waals surface area contributed by atoms with Gasteiger partial charge in [0.05, 0.1) is 0 Å². The van der Waals surface area contributed by atoms with Gasteiger partial charge in [-0.3, -0.25) is 6.08 Å². The third-order valence-corrected chi connectivity index (χ3v) is 5.78. The number of hydrogen-bond acceptors (Lipinski definition) is 0. The molecule has 0 fully saturated rings. The Balaban J connectivity index is 0.000000558. The van der Waals surface area contributed by atoms with Crippen LogP contribution in [0.5, 0.6) is 0 Å². The van der Waals surface area contributed by atoms with Crippen LogP contribution in [-0.4, -0.2) is 6.88 Å². The quantitative estimate of drug-likeness (QED) is 0.218. The van der Waals surface area contributed by atoms with Crippen LogP contribution >= 0.6 is 23.2 Å². The van der Waals surface area contributed by atoms with Gasteiger partial charge in [-0.05, 0) is 17.7 Å². The third-order valence-electron chi connectivity index (χ3n) is 5.15. The van der Waals surface area contributed by atoms with E-state index >= 15 is 0 Å². The molecule has 0 aliphatic heterocycles. The first kappa shape index (κ1) is 29.2. The van der Waals surface area contributed by atoms with Crippen LogP contribution in [0.4, 0.5) is 0 Å². The normalized spacial score (nSPS) is 14.4. The number of rotatable bonds is 1. The van der Waals surface area contributed by atoms with Gasteiger partial charge in [0.1, 0.15) is 0 Å². The summed E-state index contributed by atoms with van der Waals surface area (Å²) in [5.74, 6) is 0.560. The van der Waals surface area contributed by atoms with Crippen molar-refractivity contribution in [2.45, 2.75) is 27.7 Å². The Morgan fingerprint density at radius 1 is 0.933 bits per heavy atom. The van der Waals surface area contributed by atoms with E-state index in [1.165, 1.54) is 50.8 Å². The molecule has 0 N–H and O–H groups in total. The van der Waals surface area contributed by atoms with E-state index in [0.29, 0.717) is 16.0 Å². The van der Waals surface area contributed by atoms with Crippen LogP contribution < -0.4 is 0 Å². The summed E-state index contributed by atoms with van der Waals surface area (Å²) in [6.45, 7) is 11.7. The molecule has 0 saturated heterocycles. The zero-order valence-electron chi connectivity index (χ0n) is 18.5. The first-order chi connectivity index (χ1) is 13.4. The molecule has 0 aromatic heterocycles. The summed E-state index contributed by atoms with van der Waals surface area (Å²) >= 11 is 13.8. The van der Waals surface area contributed by atoms with Crippen LogP contribution in [0.3, 0.4) is 0 Å². The van der Waals surface area contributed by atoms with Crippen LogP contribution in [0.1, 0.15) is 27.7 Å². The summed E-state index contributed by atoms with van der Waals surface area (Å²) in [5.41, 5.74) is 6.25. The van der Waals surface area contributed by atoms with Gasteiger partial charge < -0.3 is 14.9 Å². The number of benzene rings is 2. The fourth-order valence-electron chi connectivity index (χ4n) is 3.29. The van der Waals surface area contributed by atoms with Gasteiger partial charge in [-0.2, -0.15) is 11.1 Å². The molecule has 4 heteroatoms. The summed E-state index contributed by atoms with van der Waals surface area (Å²) in [6.07, 6.45) is 3.36. The first-order valence-electron chi connectivity index (χ1n) is 9.01. The molecule has 0 saturated carbocycles. The molecule has 1 unspecified atom stereocenters. The van der Waals surface area contributed by atoms with Gasteiger partial charge in [-0.1, -0.05) is 62.0 Å². The van der Waals surface area contributed by atoms with Crippen molar-refractivity contribution in [3.8, 4) is 11.1 Å². The summed E-state index contributed by atoms with van der Waals surface area (Å²) in [7, 11) is 0. The summed E-state index contributed by atoms with van der Waals surface area (Å²) in [6, 6.07) is 18.0. The summed E-state index contributed by atoms with van der Waals surface area (Å²) in [4.78, 5) is 0. The molecular weight excluding hydrogens is 503 g/mol. The first-order valence-corrected chi connectivity index (χ1v) is 14.0. The van der Waals surface area contributed by atoms with Crippen molar-refractivity contribution >= 4 is 40.9 Å². The summed E-state index contributed by atoms with van der Waals surface area (Å²) in [5, 5.41) is 3.77. The number of hydrogen-bond donors (Lipinski definition) is 0. The molecule has 4 rings (SSSR count). The molecular formula is C26H28Cl2SiZr-4. The van der Waals surface area contributed by atoms with Crippen LogP contribution in [0.15, 0.2) is 71.3 Å². The van der Waals surface area contributed by atoms with Crippen molar-refractivity contribution in [1.82, 2.24) is 0 Å². The van der Waals surface area contributed by atoms with Crippen LogP contribution in [0.25, 0.3) is 21.9 Å². The second-order valence-corrected chi connectivity index (χ2v) is 7.54. The van der Waals surface area contributed by atoms with Crippen molar-refractivity contribution in [1.29, 1.82) is 0 Å². The molecule has 2 radical (unpaired) electrons. The van der Waals surface area contributed by atoms with Crippen molar-refractivity contribution in [3.05, 3.63) is 102 Å². The summed E-state index contributed by atoms with van der Waals surface area (Å²) < 4.78 is 0. The van der Waals surface area contributed by atoms with E-state index in [2.05, 4.69) is 64.9 Å². The van der Waals surface area contributed by atoms with Gasteiger partial charge in [0.2, 0.25) is 0 Å². The minimum atomic E-state index is 0. The van der Waals surface area contributed by atoms with E-state index in [1.54, 1.807) is 0 Å². The molecule has 1 aliphatic carbocycles. The molecule has 3 aromatic rings. The molecule has 0 spiro atoms. The topological polar surface area (TPSA) is 0 Å². The molecule has 0 nitrogen and oxygen atoms in total. The van der Waals surface area contributed by atoms with Gasteiger partial charge >= 0.3 is 30.2 Å². The fraction of sp³-hybridized carbons (Fsp3) is 0.192. The van der Waals surface area contributed by atoms with E-state index in [1.807, 2.05) is 30.3 Å². The predicted octanol–water partition coefficient (Wildman–Crippen LogP) is 8.77. The number of fused-ring (bicyclic) bond motifs is 1. The van der Waals surface area contributed by atoms with Crippen LogP contribution in [0.2, 0.25) is 10.0 Å². The molecule has 30 heavy (non-hydrogen) atoms. The minimum absolute atomic E-state index is 0. The average Bonchev–Trinajstić information content (AvgIpc) is 3.21. The Hall–Kier alpha value is -0.790. The average molecular weight is 531 g/mol. The Bertz CT molecular complexity index is 1010. The SMILES string of the molecule is CC1=[C-]C(C)C(C)=C1C.Clc1cccc(Cl)c1-c1c[cH-]c2ccccc12.[CH3-].[CH3-].[Si]=[Zr]. The van der Waals surface area contributed by atoms with Crippen LogP contribution in [-0.2, 0) is 23.3 Å². The third kappa shape index (κ3) is 6.60. The maximum atomic E-state index is 6.24. The molecule has 0 amide bonds. The Labute approximate surface area is 209 Å². The predicted molar refractivity (Wildman–Crippen MR) is 134 cm³/mol. The van der Waals surface area contributed by atoms with Gasteiger partial charge in [-0.15, -0.1) is 53.6 Å². The van der Waals surface area contributed by atoms with E-state index < -0.39 is 0 Å². The molecule has 1 atom stereocenters. The Morgan fingerprint density at radius 3 is 1.97 bits per heavy atom. The monoisotopic (exact) mass is 528 g/mol. The van der Waals surface area contributed by atoms with E-state index in [9.17, 15) is 0 Å². The number of halogens is 2. The zero-order valence-corrected chi connectivity index (χ0v) is 23.5. The fourth-order valence-corrected chi connectivity index (χ4v) is 3.89. The molecule has 3 aromatic carbocycles. The maximum absolute atomic E-state index is 6.24. The number of allylic oxidation sites excluding steroid dienone is 4. The van der Waals surface area contributed by atoms with Crippen molar-refractivity contribution in [3.63, 3.8) is 0 Å². The second-order valence-electron chi connectivity index (χ2n) is 6.73. The van der Waals surface area contributed by atoms with Crippen molar-refractivity contribution in [2.24, 2.45) is 5.92 Å². The van der Waals surface area contributed by atoms with Gasteiger partial charge in [-0.25, -0.2) is 5.57 Å². The molecule has 1 aliphatic rings. The van der Waals surface area contributed by atoms with Gasteiger partial charge in [0.15, 0.2) is 0 Å². The second kappa shape index (κ2) is 13.6. The molecule has 0 heterocycles. The Kier molecular flexibility index (Phi) is 13.2. The van der Waals surface area contributed by atoms with Gasteiger partial charge in [0, 0.05) is 10.0 Å². The standard InChI is InChI=1S/C15H9Cl2.C9H13.2CH3.Si.Zr/c16-13-6-3-7-14(17)15(13)12-9-8-10-4-1-2-5-11(10)12;1-6-5-7(2)9(4)8(6)3;;;;/h1-9H;6H,1-4H3;2*1H3;;/q4*-1;;. The van der Waals surface area contributed by atoms with E-state index in [4.69, 9.17) is 23.2 Å². The van der Waals surface area contributed by atoms with Gasteiger partial charge in [0.25, 0.3) is 0 Å². The molecule has 158 valence electrons. The van der Waals surface area contributed by atoms with Crippen LogP contribution in [0, 0.1) is 26.8 Å². The molecule has 0 bridgehead atoms.